The largest absolute Gasteiger partial charge is 0.493 e. The predicted molar refractivity (Wildman–Crippen MR) is 117 cm³/mol. The van der Waals surface area contributed by atoms with Crippen molar-refractivity contribution in [3.05, 3.63) is 67.9 Å². The first-order valence-corrected chi connectivity index (χ1v) is 10.9. The van der Waals surface area contributed by atoms with Gasteiger partial charge in [-0.25, -0.2) is 9.59 Å². The minimum absolute atomic E-state index is 0.0493. The third-order valence-corrected chi connectivity index (χ3v) is 5.99. The Balaban J connectivity index is 1.70. The van der Waals surface area contributed by atoms with Crippen molar-refractivity contribution >= 4 is 17.3 Å². The summed E-state index contributed by atoms with van der Waals surface area (Å²) >= 11 is 1.11. The van der Waals surface area contributed by atoms with Crippen molar-refractivity contribution in [2.45, 2.75) is 51.9 Å². The number of nitrogens with zero attached hydrogens (tertiary/aromatic N) is 1. The van der Waals surface area contributed by atoms with E-state index in [9.17, 15) is 19.8 Å². The Hall–Kier alpha value is -2.88. The molecule has 166 valence electrons. The number of imidazole rings is 1. The number of hydrogen-bond acceptors (Lipinski definition) is 6. The highest BCUT2D eigenvalue weighted by Gasteiger charge is 2.16. The van der Waals surface area contributed by atoms with E-state index in [1.54, 1.807) is 30.3 Å². The molecule has 0 fully saturated rings. The molecule has 0 radical (unpaired) electrons. The van der Waals surface area contributed by atoms with Gasteiger partial charge in [0.05, 0.1) is 25.0 Å². The second-order valence-corrected chi connectivity index (χ2v) is 8.40. The van der Waals surface area contributed by atoms with Crippen molar-refractivity contribution in [2.24, 2.45) is 0 Å². The van der Waals surface area contributed by atoms with Gasteiger partial charge in [0.15, 0.2) is 0 Å². The lowest BCUT2D eigenvalue weighted by atomic mass is 10.0. The Morgan fingerprint density at radius 2 is 1.90 bits per heavy atom. The molecule has 0 amide bonds. The maximum Gasteiger partial charge on any atom is 0.345 e. The van der Waals surface area contributed by atoms with Crippen molar-refractivity contribution in [3.63, 3.8) is 0 Å². The summed E-state index contributed by atoms with van der Waals surface area (Å²) in [5.41, 5.74) is 1.07. The van der Waals surface area contributed by atoms with Crippen LogP contribution in [0.15, 0.2) is 41.2 Å². The van der Waals surface area contributed by atoms with E-state index in [0.29, 0.717) is 12.1 Å². The maximum absolute atomic E-state index is 12.3. The molecule has 1 atom stereocenters. The summed E-state index contributed by atoms with van der Waals surface area (Å²) in [6.07, 6.45) is 3.23. The van der Waals surface area contributed by atoms with Crippen LogP contribution in [-0.4, -0.2) is 30.8 Å². The molecule has 31 heavy (non-hydrogen) atoms. The number of H-pyrrole nitrogens is 1. The third-order valence-electron chi connectivity index (χ3n) is 4.94. The molecule has 9 heteroatoms. The third kappa shape index (κ3) is 5.63. The van der Waals surface area contributed by atoms with E-state index < -0.39 is 17.8 Å². The lowest BCUT2D eigenvalue weighted by Gasteiger charge is -2.12. The predicted octanol–water partition coefficient (Wildman–Crippen LogP) is 3.96. The first kappa shape index (κ1) is 22.8. The fourth-order valence-corrected chi connectivity index (χ4v) is 4.07. The second-order valence-electron chi connectivity index (χ2n) is 7.23. The van der Waals surface area contributed by atoms with E-state index in [0.717, 1.165) is 41.0 Å². The summed E-state index contributed by atoms with van der Waals surface area (Å²) in [4.78, 5) is 26.6. The molecule has 0 aliphatic heterocycles. The zero-order valence-electron chi connectivity index (χ0n) is 17.2. The molecule has 0 aliphatic rings. The van der Waals surface area contributed by atoms with E-state index in [1.807, 2.05) is 0 Å². The number of aromatic hydroxyl groups is 1. The van der Waals surface area contributed by atoms with E-state index in [1.165, 1.54) is 10.6 Å². The molecule has 1 aromatic carbocycles. The molecular formula is C22H26N2O6S. The standard InChI is InChI=1S/C22H26N2O6S/c1-2-3-4-5-18(25)14-6-8-15(9-7-14)24-17(20(26)23-22(24)29)13-30-12-16-10-11-19(31-16)21(27)28/h6-11,18,25-26H,2-5,12-13H2,1H3,(H,23,29)(H,27,28). The number of thiophene rings is 1. The van der Waals surface area contributed by atoms with Gasteiger partial charge in [0, 0.05) is 4.88 Å². The van der Waals surface area contributed by atoms with E-state index >= 15 is 0 Å². The zero-order valence-corrected chi connectivity index (χ0v) is 18.0. The van der Waals surface area contributed by atoms with Gasteiger partial charge in [0.2, 0.25) is 5.88 Å². The Morgan fingerprint density at radius 3 is 2.55 bits per heavy atom. The molecule has 0 aliphatic carbocycles. The van der Waals surface area contributed by atoms with Gasteiger partial charge in [0.1, 0.15) is 10.6 Å². The van der Waals surface area contributed by atoms with Gasteiger partial charge in [-0.15, -0.1) is 11.3 Å². The molecule has 1 unspecified atom stereocenters. The molecule has 0 bridgehead atoms. The number of carboxylic acid groups (broad SMARTS) is 1. The monoisotopic (exact) mass is 446 g/mol. The van der Waals surface area contributed by atoms with Gasteiger partial charge in [0.25, 0.3) is 0 Å². The summed E-state index contributed by atoms with van der Waals surface area (Å²) < 4.78 is 6.93. The van der Waals surface area contributed by atoms with Crippen molar-refractivity contribution < 1.29 is 24.9 Å². The fourth-order valence-electron chi connectivity index (χ4n) is 3.28. The molecule has 4 N–H and O–H groups in total. The molecule has 2 heterocycles. The first-order valence-electron chi connectivity index (χ1n) is 10.1. The van der Waals surface area contributed by atoms with Crippen molar-refractivity contribution in [3.8, 4) is 11.6 Å². The van der Waals surface area contributed by atoms with Crippen LogP contribution in [0.25, 0.3) is 5.69 Å². The van der Waals surface area contributed by atoms with Crippen LogP contribution in [0.1, 0.15) is 64.5 Å². The molecular weight excluding hydrogens is 420 g/mol. The first-order chi connectivity index (χ1) is 14.9. The van der Waals surface area contributed by atoms with E-state index in [4.69, 9.17) is 9.84 Å². The Kier molecular flexibility index (Phi) is 7.67. The number of nitrogens with one attached hydrogen (secondary N) is 1. The minimum atomic E-state index is -0.993. The number of ether oxygens (including phenoxy) is 1. The van der Waals surface area contributed by atoms with Gasteiger partial charge in [-0.1, -0.05) is 38.3 Å². The van der Waals surface area contributed by atoms with Crippen LogP contribution in [-0.2, 0) is 18.0 Å². The average Bonchev–Trinajstić information content (AvgIpc) is 3.33. The molecule has 8 nitrogen and oxygen atoms in total. The summed E-state index contributed by atoms with van der Waals surface area (Å²) in [7, 11) is 0. The van der Waals surface area contributed by atoms with Crippen LogP contribution >= 0.6 is 11.3 Å². The molecule has 3 aromatic rings. The van der Waals surface area contributed by atoms with Crippen molar-refractivity contribution in [1.29, 1.82) is 0 Å². The quantitative estimate of drug-likeness (QED) is 0.331. The molecule has 3 rings (SSSR count). The van der Waals surface area contributed by atoms with Gasteiger partial charge in [-0.05, 0) is 36.2 Å². The smallest absolute Gasteiger partial charge is 0.345 e. The normalized spacial score (nSPS) is 12.2. The number of aromatic carboxylic acids is 1. The average molecular weight is 447 g/mol. The number of rotatable bonds is 11. The lowest BCUT2D eigenvalue weighted by Crippen LogP contribution is -2.17. The number of carboxylic acids is 1. The summed E-state index contributed by atoms with van der Waals surface area (Å²) in [6, 6.07) is 10.2. The zero-order chi connectivity index (χ0) is 22.4. The number of benzene rings is 1. The SMILES string of the molecule is CCCCCC(O)c1ccc(-n2c(COCc3ccc(C(=O)O)s3)c(O)[nH]c2=O)cc1. The van der Waals surface area contributed by atoms with Crippen LogP contribution in [0.4, 0.5) is 0 Å². The highest BCUT2D eigenvalue weighted by atomic mass is 32.1. The number of hydrogen-bond donors (Lipinski definition) is 4. The summed E-state index contributed by atoms with van der Waals surface area (Å²) in [5, 5.41) is 29.4. The van der Waals surface area contributed by atoms with E-state index in [-0.39, 0.29) is 29.7 Å². The Morgan fingerprint density at radius 1 is 1.16 bits per heavy atom. The van der Waals surface area contributed by atoms with E-state index in [2.05, 4.69) is 11.9 Å². The van der Waals surface area contributed by atoms with Crippen molar-refractivity contribution in [2.75, 3.05) is 0 Å². The van der Waals surface area contributed by atoms with Crippen molar-refractivity contribution in [1.82, 2.24) is 9.55 Å². The minimum Gasteiger partial charge on any atom is -0.493 e. The summed E-state index contributed by atoms with van der Waals surface area (Å²) in [6.45, 7) is 2.21. The number of unbranched alkanes of at least 4 members (excludes halogenated alkanes) is 2. The number of aliphatic hydroxyl groups is 1. The van der Waals surface area contributed by atoms with Gasteiger partial charge in [-0.2, -0.15) is 0 Å². The molecule has 0 saturated heterocycles. The Labute approximate surface area is 183 Å². The maximum atomic E-state index is 12.3. The highest BCUT2D eigenvalue weighted by Crippen LogP contribution is 2.24. The van der Waals surface area contributed by atoms with Crippen LogP contribution in [0, 0.1) is 0 Å². The number of carbonyl (C=O) groups is 1. The topological polar surface area (TPSA) is 125 Å². The van der Waals surface area contributed by atoms with Crippen LogP contribution in [0.3, 0.4) is 0 Å². The fraction of sp³-hybridized carbons (Fsp3) is 0.364. The number of aromatic amines is 1. The lowest BCUT2D eigenvalue weighted by molar-refractivity contribution is 0.0702. The second kappa shape index (κ2) is 10.4. The van der Waals surface area contributed by atoms with Crippen LogP contribution in [0.5, 0.6) is 5.88 Å². The Bertz CT molecular complexity index is 1070. The molecule has 2 aromatic heterocycles. The number of aromatic nitrogens is 2. The highest BCUT2D eigenvalue weighted by molar-refractivity contribution is 7.13. The van der Waals surface area contributed by atoms with Gasteiger partial charge >= 0.3 is 11.7 Å². The molecule has 0 saturated carbocycles. The number of aliphatic hydroxyl groups excluding tert-OH is 1. The van der Waals surface area contributed by atoms with Crippen LogP contribution < -0.4 is 5.69 Å². The van der Waals surface area contributed by atoms with Gasteiger partial charge in [-0.3, -0.25) is 9.55 Å². The van der Waals surface area contributed by atoms with Gasteiger partial charge < -0.3 is 20.1 Å². The summed E-state index contributed by atoms with van der Waals surface area (Å²) in [5.74, 6) is -1.28. The molecule has 0 spiro atoms. The van der Waals surface area contributed by atoms with Crippen LogP contribution in [0.2, 0.25) is 0 Å².